The van der Waals surface area contributed by atoms with Crippen LogP contribution in [-0.2, 0) is 14.1 Å². The number of halogens is 1. The average molecular weight is 342 g/mol. The number of nitrogens with one attached hydrogen (secondary N) is 1. The molecule has 1 fully saturated rings. The van der Waals surface area contributed by atoms with Crippen LogP contribution in [0.25, 0.3) is 6.08 Å². The first-order chi connectivity index (χ1) is 10.1. The molecule has 0 bridgehead atoms. The van der Waals surface area contributed by atoms with E-state index < -0.39 is 18.3 Å². The maximum absolute atomic E-state index is 11.2. The highest BCUT2D eigenvalue weighted by atomic mass is 35.5. The van der Waals surface area contributed by atoms with Crippen molar-refractivity contribution < 1.29 is 14.1 Å². The van der Waals surface area contributed by atoms with Crippen molar-refractivity contribution in [2.24, 2.45) is 0 Å². The number of hydrogen-bond acceptors (Lipinski definition) is 4. The minimum atomic E-state index is -0.507. The Labute approximate surface area is 141 Å². The van der Waals surface area contributed by atoms with Gasteiger partial charge in [-0.1, -0.05) is 17.7 Å². The van der Waals surface area contributed by atoms with E-state index in [0.717, 1.165) is 11.0 Å². The van der Waals surface area contributed by atoms with E-state index in [1.54, 1.807) is 0 Å². The maximum atomic E-state index is 11.2. The minimum Gasteiger partial charge on any atom is -0.400 e. The number of carbonyl (C=O) groups excluding carboxylic acids is 1. The molecule has 1 amide bonds. The molecule has 120 valence electrons. The first kappa shape index (κ1) is 17.5. The Bertz CT molecular complexity index is 581. The number of thiophene rings is 1. The molecule has 1 aromatic heterocycles. The number of hydrogen-bond donors (Lipinski definition) is 1. The predicted molar refractivity (Wildman–Crippen MR) is 92.1 cm³/mol. The fourth-order valence-corrected chi connectivity index (χ4v) is 2.90. The van der Waals surface area contributed by atoms with Gasteiger partial charge in [0.15, 0.2) is 0 Å². The average Bonchev–Trinajstić information content (AvgIpc) is 2.86. The fourth-order valence-electron chi connectivity index (χ4n) is 2.03. The summed E-state index contributed by atoms with van der Waals surface area (Å²) in [6.07, 6.45) is 1.93. The van der Waals surface area contributed by atoms with Gasteiger partial charge in [0.05, 0.1) is 11.2 Å². The van der Waals surface area contributed by atoms with E-state index in [9.17, 15) is 4.79 Å². The van der Waals surface area contributed by atoms with Gasteiger partial charge in [0, 0.05) is 19.0 Å². The lowest BCUT2D eigenvalue weighted by atomic mass is 9.77. The van der Waals surface area contributed by atoms with E-state index in [-0.39, 0.29) is 5.91 Å². The lowest BCUT2D eigenvalue weighted by Crippen LogP contribution is -2.41. The summed E-state index contributed by atoms with van der Waals surface area (Å²) in [7, 11) is -0.507. The molecule has 0 radical (unpaired) electrons. The van der Waals surface area contributed by atoms with Crippen LogP contribution in [0.2, 0.25) is 4.34 Å². The second-order valence-corrected chi connectivity index (χ2v) is 7.89. The maximum Gasteiger partial charge on any atom is 0.492 e. The van der Waals surface area contributed by atoms with E-state index in [1.807, 2.05) is 45.2 Å². The summed E-state index contributed by atoms with van der Waals surface area (Å²) in [5.74, 6) is -0.0983. The van der Waals surface area contributed by atoms with Crippen molar-refractivity contribution in [1.82, 2.24) is 5.32 Å². The van der Waals surface area contributed by atoms with Crippen molar-refractivity contribution in [2.45, 2.75) is 45.8 Å². The highest BCUT2D eigenvalue weighted by Crippen LogP contribution is 2.39. The predicted octanol–water partition coefficient (Wildman–Crippen LogP) is 3.55. The standard InChI is InChI=1S/C15H21BClNO3S/c1-10(19)18-9-12(8-11-6-7-22-13(11)17)16-20-14(2,3)15(4,5)21-16/h6-8H,9H2,1-5H3,(H,18,19). The van der Waals surface area contributed by atoms with E-state index in [1.165, 1.54) is 18.3 Å². The lowest BCUT2D eigenvalue weighted by molar-refractivity contribution is -0.118. The van der Waals surface area contributed by atoms with Crippen LogP contribution in [0.4, 0.5) is 0 Å². The third-order valence-corrected chi connectivity index (χ3v) is 5.28. The van der Waals surface area contributed by atoms with Crippen LogP contribution in [0.15, 0.2) is 16.9 Å². The summed E-state index contributed by atoms with van der Waals surface area (Å²) in [5.41, 5.74) is 0.896. The van der Waals surface area contributed by atoms with Gasteiger partial charge in [-0.25, -0.2) is 0 Å². The zero-order valence-corrected chi connectivity index (χ0v) is 15.1. The monoisotopic (exact) mass is 341 g/mol. The van der Waals surface area contributed by atoms with Crippen LogP contribution in [0, 0.1) is 0 Å². The molecule has 1 aliphatic rings. The van der Waals surface area contributed by atoms with Gasteiger partial charge >= 0.3 is 7.12 Å². The van der Waals surface area contributed by atoms with Crippen molar-refractivity contribution in [1.29, 1.82) is 0 Å². The molecule has 0 unspecified atom stereocenters. The van der Waals surface area contributed by atoms with Crippen LogP contribution in [0.1, 0.15) is 40.2 Å². The largest absolute Gasteiger partial charge is 0.492 e. The van der Waals surface area contributed by atoms with Crippen LogP contribution in [0.5, 0.6) is 0 Å². The van der Waals surface area contributed by atoms with Crippen LogP contribution in [-0.4, -0.2) is 30.8 Å². The van der Waals surface area contributed by atoms with Gasteiger partial charge in [-0.3, -0.25) is 4.79 Å². The van der Waals surface area contributed by atoms with E-state index in [4.69, 9.17) is 20.9 Å². The Hall–Kier alpha value is -0.815. The Balaban J connectivity index is 2.28. The Kier molecular flexibility index (Phi) is 5.07. The molecule has 1 aromatic rings. The molecule has 1 aliphatic heterocycles. The third-order valence-electron chi connectivity index (χ3n) is 4.08. The second kappa shape index (κ2) is 6.36. The molecule has 0 spiro atoms. The molecule has 0 aromatic carbocycles. The zero-order valence-electron chi connectivity index (χ0n) is 13.5. The highest BCUT2D eigenvalue weighted by molar-refractivity contribution is 7.14. The summed E-state index contributed by atoms with van der Waals surface area (Å²) in [5, 5.41) is 4.73. The van der Waals surface area contributed by atoms with Gasteiger partial charge in [0.2, 0.25) is 5.91 Å². The summed E-state index contributed by atoms with van der Waals surface area (Å²) in [6.45, 7) is 9.85. The van der Waals surface area contributed by atoms with Gasteiger partial charge in [-0.2, -0.15) is 0 Å². The molecule has 2 heterocycles. The normalized spacial score (nSPS) is 20.3. The molecule has 7 heteroatoms. The zero-order chi connectivity index (χ0) is 16.5. The first-order valence-electron chi connectivity index (χ1n) is 7.16. The topological polar surface area (TPSA) is 47.6 Å². The molecule has 2 rings (SSSR count). The van der Waals surface area contributed by atoms with Gasteiger partial charge in [0.25, 0.3) is 0 Å². The second-order valence-electron chi connectivity index (χ2n) is 6.37. The Morgan fingerprint density at radius 1 is 1.36 bits per heavy atom. The van der Waals surface area contributed by atoms with Crippen LogP contribution < -0.4 is 5.32 Å². The molecule has 0 aliphatic carbocycles. The van der Waals surface area contributed by atoms with E-state index in [2.05, 4.69) is 5.32 Å². The molecule has 22 heavy (non-hydrogen) atoms. The van der Waals surface area contributed by atoms with Crippen LogP contribution in [0.3, 0.4) is 0 Å². The van der Waals surface area contributed by atoms with Gasteiger partial charge in [0.1, 0.15) is 4.34 Å². The quantitative estimate of drug-likeness (QED) is 0.852. The number of rotatable bonds is 4. The minimum absolute atomic E-state index is 0.0983. The molecule has 0 atom stereocenters. The SMILES string of the molecule is CC(=O)NCC(=Cc1ccsc1Cl)B1OC(C)(C)C(C)(C)O1. The lowest BCUT2D eigenvalue weighted by Gasteiger charge is -2.32. The molecular weight excluding hydrogens is 321 g/mol. The molecule has 1 saturated heterocycles. The van der Waals surface area contributed by atoms with Gasteiger partial charge < -0.3 is 14.6 Å². The Morgan fingerprint density at radius 3 is 2.41 bits per heavy atom. The molecular formula is C15H21BClNO3S. The van der Waals surface area contributed by atoms with E-state index >= 15 is 0 Å². The van der Waals surface area contributed by atoms with Crippen LogP contribution >= 0.6 is 22.9 Å². The van der Waals surface area contributed by atoms with Gasteiger partial charge in [-0.15, -0.1) is 11.3 Å². The molecule has 1 N–H and O–H groups in total. The van der Waals surface area contributed by atoms with Crippen molar-refractivity contribution in [3.63, 3.8) is 0 Å². The summed E-state index contributed by atoms with van der Waals surface area (Å²) >= 11 is 7.64. The highest BCUT2D eigenvalue weighted by Gasteiger charge is 2.52. The summed E-state index contributed by atoms with van der Waals surface area (Å²) < 4.78 is 12.8. The van der Waals surface area contributed by atoms with E-state index in [0.29, 0.717) is 10.9 Å². The molecule has 4 nitrogen and oxygen atoms in total. The smallest absolute Gasteiger partial charge is 0.400 e. The van der Waals surface area contributed by atoms with Crippen molar-refractivity contribution in [3.05, 3.63) is 26.8 Å². The number of amides is 1. The first-order valence-corrected chi connectivity index (χ1v) is 8.42. The van der Waals surface area contributed by atoms with Crippen molar-refractivity contribution in [2.75, 3.05) is 6.54 Å². The number of carbonyl (C=O) groups is 1. The van der Waals surface area contributed by atoms with Gasteiger partial charge in [-0.05, 0) is 44.6 Å². The van der Waals surface area contributed by atoms with Crippen molar-refractivity contribution >= 4 is 42.0 Å². The fraction of sp³-hybridized carbons (Fsp3) is 0.533. The van der Waals surface area contributed by atoms with Crippen molar-refractivity contribution in [3.8, 4) is 0 Å². The third kappa shape index (κ3) is 3.74. The summed E-state index contributed by atoms with van der Waals surface area (Å²) in [4.78, 5) is 11.2. The Morgan fingerprint density at radius 2 is 1.95 bits per heavy atom. The molecule has 0 saturated carbocycles. The summed E-state index contributed by atoms with van der Waals surface area (Å²) in [6, 6.07) is 1.94.